The van der Waals surface area contributed by atoms with Gasteiger partial charge in [0.2, 0.25) is 0 Å². The number of urea groups is 1. The van der Waals surface area contributed by atoms with E-state index < -0.39 is 23.9 Å². The van der Waals surface area contributed by atoms with Crippen LogP contribution < -0.4 is 16.0 Å². The molecule has 2 unspecified atom stereocenters. The second-order valence-electron chi connectivity index (χ2n) is 9.32. The molecule has 31 heavy (non-hydrogen) atoms. The summed E-state index contributed by atoms with van der Waals surface area (Å²) < 4.78 is 0. The van der Waals surface area contributed by atoms with Gasteiger partial charge < -0.3 is 21.1 Å². The number of carboxylic acid groups (broad SMARTS) is 1. The van der Waals surface area contributed by atoms with Crippen LogP contribution in [0.5, 0.6) is 0 Å². The molecule has 3 atom stereocenters. The summed E-state index contributed by atoms with van der Waals surface area (Å²) in [6.07, 6.45) is 7.60. The van der Waals surface area contributed by atoms with Crippen molar-refractivity contribution < 1.29 is 19.5 Å². The monoisotopic (exact) mass is 467 g/mol. The fourth-order valence-corrected chi connectivity index (χ4v) is 6.70. The molecule has 168 valence electrons. The molecule has 4 N–H and O–H groups in total. The Hall–Kier alpha value is -1.99. The van der Waals surface area contributed by atoms with Crippen molar-refractivity contribution >= 4 is 41.1 Å². The quantitative estimate of drug-likeness (QED) is 0.467. The molecule has 4 aliphatic rings. The Labute approximate surface area is 191 Å². The molecule has 4 saturated carbocycles. The highest BCUT2D eigenvalue weighted by Gasteiger charge is 2.55. The second kappa shape index (κ2) is 8.87. The lowest BCUT2D eigenvalue weighted by molar-refractivity contribution is -0.139. The van der Waals surface area contributed by atoms with E-state index in [1.807, 2.05) is 0 Å². The molecule has 0 saturated heterocycles. The van der Waals surface area contributed by atoms with E-state index in [-0.39, 0.29) is 22.2 Å². The number of aliphatic carboxylic acids is 1. The van der Waals surface area contributed by atoms with Crippen LogP contribution in [0.15, 0.2) is 18.2 Å². The minimum atomic E-state index is -1.31. The molecule has 0 spiro atoms. The van der Waals surface area contributed by atoms with Gasteiger partial charge in [-0.1, -0.05) is 29.3 Å². The van der Waals surface area contributed by atoms with Crippen LogP contribution >= 0.6 is 23.2 Å². The lowest BCUT2D eigenvalue weighted by Gasteiger charge is -2.38. The second-order valence-corrected chi connectivity index (χ2v) is 10.1. The zero-order valence-electron chi connectivity index (χ0n) is 17.1. The molecule has 7 nitrogen and oxygen atoms in total. The molecule has 4 aliphatic carbocycles. The lowest BCUT2D eigenvalue weighted by Crippen LogP contribution is -2.50. The number of benzene rings is 1. The van der Waals surface area contributed by atoms with Crippen molar-refractivity contribution in [3.63, 3.8) is 0 Å². The van der Waals surface area contributed by atoms with Gasteiger partial charge in [0.1, 0.15) is 6.04 Å². The molecule has 1 aromatic carbocycles. The van der Waals surface area contributed by atoms with Gasteiger partial charge in [-0.3, -0.25) is 4.79 Å². The van der Waals surface area contributed by atoms with Gasteiger partial charge in [-0.2, -0.15) is 0 Å². The van der Waals surface area contributed by atoms with Crippen LogP contribution in [0.25, 0.3) is 0 Å². The number of rotatable bonds is 8. The van der Waals surface area contributed by atoms with Crippen LogP contribution in [-0.2, 0) is 4.79 Å². The topological polar surface area (TPSA) is 108 Å². The molecule has 9 heteroatoms. The van der Waals surface area contributed by atoms with Crippen molar-refractivity contribution in [2.45, 2.75) is 44.6 Å². The molecule has 4 fully saturated rings. The third kappa shape index (κ3) is 4.77. The smallest absolute Gasteiger partial charge is 0.328 e. The Morgan fingerprint density at radius 2 is 1.71 bits per heavy atom. The molecule has 1 aromatic rings. The molecule has 3 amide bonds. The summed E-state index contributed by atoms with van der Waals surface area (Å²) in [6, 6.07) is 2.81. The highest BCUT2D eigenvalue weighted by molar-refractivity contribution is 6.39. The van der Waals surface area contributed by atoms with Crippen molar-refractivity contribution in [1.82, 2.24) is 16.0 Å². The van der Waals surface area contributed by atoms with Crippen LogP contribution in [0.3, 0.4) is 0 Å². The summed E-state index contributed by atoms with van der Waals surface area (Å²) in [6.45, 7) is 0.309. The summed E-state index contributed by atoms with van der Waals surface area (Å²) in [7, 11) is 0. The van der Waals surface area contributed by atoms with Gasteiger partial charge in [0, 0.05) is 6.54 Å². The zero-order valence-corrected chi connectivity index (χ0v) is 18.6. The maximum absolute atomic E-state index is 12.4. The molecular formula is C22H27Cl2N3O4. The number of halogens is 2. The first-order valence-electron chi connectivity index (χ1n) is 10.8. The van der Waals surface area contributed by atoms with Crippen molar-refractivity contribution in [2.75, 3.05) is 13.1 Å². The van der Waals surface area contributed by atoms with Gasteiger partial charge in [-0.05, 0) is 73.8 Å². The number of carboxylic acids is 1. The average molecular weight is 468 g/mol. The highest BCUT2D eigenvalue weighted by Crippen LogP contribution is 2.65. The van der Waals surface area contributed by atoms with Gasteiger partial charge in [0.15, 0.2) is 0 Å². The summed E-state index contributed by atoms with van der Waals surface area (Å²) in [5, 5.41) is 17.4. The number of hydrogen-bond acceptors (Lipinski definition) is 3. The summed E-state index contributed by atoms with van der Waals surface area (Å²) >= 11 is 12.0. The predicted molar refractivity (Wildman–Crippen MR) is 117 cm³/mol. The number of carbonyl (C=O) groups is 3. The number of amides is 3. The Kier molecular flexibility index (Phi) is 6.35. The standard InChI is InChI=1S/C22H27Cl2N3O4/c23-15-2-1-3-16(24)18(15)19(28)27-17(20(29)30)11-26-21(31)25-5-4-22-8-12-6-13(9-22)14(7-12)10-22/h1-3,12-14,17H,4-11H2,(H,27,28)(H,29,30)(H2,25,26,31)/t12?,13?,14?,17-,22?/m0/s1. The fourth-order valence-electron chi connectivity index (χ4n) is 6.13. The third-order valence-corrected chi connectivity index (χ3v) is 7.88. The zero-order chi connectivity index (χ0) is 22.2. The Morgan fingerprint density at radius 3 is 2.29 bits per heavy atom. The van der Waals surface area contributed by atoms with Crippen LogP contribution in [0.4, 0.5) is 4.79 Å². The highest BCUT2D eigenvalue weighted by atomic mass is 35.5. The van der Waals surface area contributed by atoms with E-state index in [1.54, 1.807) is 6.07 Å². The first-order chi connectivity index (χ1) is 14.8. The minimum absolute atomic E-state index is 0.00110. The summed E-state index contributed by atoms with van der Waals surface area (Å²) in [5.74, 6) is 0.668. The van der Waals surface area contributed by atoms with Crippen molar-refractivity contribution in [1.29, 1.82) is 0 Å². The molecule has 0 radical (unpaired) electrons. The first kappa shape index (κ1) is 22.2. The lowest BCUT2D eigenvalue weighted by atomic mass is 9.68. The van der Waals surface area contributed by atoms with Gasteiger partial charge in [-0.25, -0.2) is 9.59 Å². The van der Waals surface area contributed by atoms with Crippen LogP contribution in [0.2, 0.25) is 10.0 Å². The van der Waals surface area contributed by atoms with Gasteiger partial charge in [-0.15, -0.1) is 0 Å². The van der Waals surface area contributed by atoms with Gasteiger partial charge in [0.05, 0.1) is 22.2 Å². The summed E-state index contributed by atoms with van der Waals surface area (Å²) in [4.78, 5) is 36.1. The summed E-state index contributed by atoms with van der Waals surface area (Å²) in [5.41, 5.74) is 0.386. The van der Waals surface area contributed by atoms with Gasteiger partial charge in [0.25, 0.3) is 5.91 Å². The van der Waals surface area contributed by atoms with E-state index in [9.17, 15) is 19.5 Å². The SMILES string of the molecule is O=C(NCCC12CC3CC(C1)C(C3)C2)NC[C@H](NC(=O)c1c(Cl)cccc1Cl)C(=O)O. The molecule has 0 heterocycles. The molecule has 0 aliphatic heterocycles. The fraction of sp³-hybridized carbons (Fsp3) is 0.591. The maximum atomic E-state index is 12.4. The maximum Gasteiger partial charge on any atom is 0.328 e. The van der Waals surface area contributed by atoms with E-state index in [2.05, 4.69) is 16.0 Å². The molecule has 5 rings (SSSR count). The van der Waals surface area contributed by atoms with Crippen LogP contribution in [0, 0.1) is 23.2 Å². The van der Waals surface area contributed by atoms with E-state index in [0.29, 0.717) is 12.0 Å². The van der Waals surface area contributed by atoms with Crippen molar-refractivity contribution in [2.24, 2.45) is 23.2 Å². The molecule has 4 bridgehead atoms. The molecule has 0 aromatic heterocycles. The van der Waals surface area contributed by atoms with E-state index >= 15 is 0 Å². The van der Waals surface area contributed by atoms with Crippen molar-refractivity contribution in [3.8, 4) is 0 Å². The average Bonchev–Trinajstić information content (AvgIpc) is 3.11. The Morgan fingerprint density at radius 1 is 1.06 bits per heavy atom. The van der Waals surface area contributed by atoms with Gasteiger partial charge >= 0.3 is 12.0 Å². The first-order valence-corrected chi connectivity index (χ1v) is 11.5. The number of hydrogen-bond donors (Lipinski definition) is 4. The van der Waals surface area contributed by atoms with Crippen molar-refractivity contribution in [3.05, 3.63) is 33.8 Å². The largest absolute Gasteiger partial charge is 0.480 e. The Bertz CT molecular complexity index is 854. The Balaban J connectivity index is 1.23. The third-order valence-electron chi connectivity index (χ3n) is 7.25. The normalized spacial score (nSPS) is 28.9. The van der Waals surface area contributed by atoms with E-state index in [0.717, 1.165) is 24.2 Å². The van der Waals surface area contributed by atoms with E-state index in [1.165, 1.54) is 44.2 Å². The minimum Gasteiger partial charge on any atom is -0.480 e. The van der Waals surface area contributed by atoms with Crippen LogP contribution in [-0.4, -0.2) is 42.1 Å². The van der Waals surface area contributed by atoms with E-state index in [4.69, 9.17) is 23.2 Å². The molecular weight excluding hydrogens is 441 g/mol. The number of nitrogens with one attached hydrogen (secondary N) is 3. The number of carbonyl (C=O) groups excluding carboxylic acids is 2. The van der Waals surface area contributed by atoms with Crippen LogP contribution in [0.1, 0.15) is 48.9 Å². The predicted octanol–water partition coefficient (Wildman–Crippen LogP) is 3.69.